The van der Waals surface area contributed by atoms with E-state index < -0.39 is 0 Å². The van der Waals surface area contributed by atoms with E-state index in [1.54, 1.807) is 25.3 Å². The third kappa shape index (κ3) is 3.48. The lowest BCUT2D eigenvalue weighted by molar-refractivity contribution is 0.409. The summed E-state index contributed by atoms with van der Waals surface area (Å²) in [5, 5.41) is -0.343. The summed E-state index contributed by atoms with van der Waals surface area (Å²) in [4.78, 5) is 0. The maximum atomic E-state index is 13.6. The minimum Gasteiger partial charge on any atom is -0.496 e. The highest BCUT2D eigenvalue weighted by Crippen LogP contribution is 2.34. The Labute approximate surface area is 125 Å². The zero-order valence-corrected chi connectivity index (χ0v) is 12.7. The summed E-state index contributed by atoms with van der Waals surface area (Å²) >= 11 is 9.81. The van der Waals surface area contributed by atoms with E-state index in [1.807, 2.05) is 18.2 Å². The highest BCUT2D eigenvalue weighted by molar-refractivity contribution is 9.10. The first-order chi connectivity index (χ1) is 9.11. The summed E-state index contributed by atoms with van der Waals surface area (Å²) in [6, 6.07) is 12.3. The van der Waals surface area contributed by atoms with E-state index in [2.05, 4.69) is 15.9 Å². The van der Waals surface area contributed by atoms with E-state index in [4.69, 9.17) is 16.3 Å². The molecule has 0 aliphatic rings. The molecule has 0 aromatic heterocycles. The van der Waals surface area contributed by atoms with Gasteiger partial charge in [0.1, 0.15) is 11.6 Å². The van der Waals surface area contributed by atoms with Crippen molar-refractivity contribution in [3.05, 3.63) is 63.9 Å². The van der Waals surface area contributed by atoms with Gasteiger partial charge in [-0.3, -0.25) is 0 Å². The molecule has 1 nitrogen and oxygen atoms in total. The van der Waals surface area contributed by atoms with Crippen LogP contribution in [-0.2, 0) is 6.42 Å². The van der Waals surface area contributed by atoms with Gasteiger partial charge < -0.3 is 4.74 Å². The zero-order valence-electron chi connectivity index (χ0n) is 10.4. The number of methoxy groups -OCH3 is 1. The summed E-state index contributed by atoms with van der Waals surface area (Å²) in [5.41, 5.74) is 1.45. The van der Waals surface area contributed by atoms with Gasteiger partial charge in [-0.2, -0.15) is 0 Å². The number of rotatable bonds is 4. The molecule has 2 aromatic carbocycles. The molecule has 0 aliphatic heterocycles. The summed E-state index contributed by atoms with van der Waals surface area (Å²) < 4.78 is 19.8. The van der Waals surface area contributed by atoms with Crippen molar-refractivity contribution in [2.24, 2.45) is 0 Å². The average molecular weight is 344 g/mol. The zero-order chi connectivity index (χ0) is 13.8. The van der Waals surface area contributed by atoms with Crippen molar-refractivity contribution in [3.8, 4) is 5.75 Å². The molecular weight excluding hydrogens is 331 g/mol. The summed E-state index contributed by atoms with van der Waals surface area (Å²) in [6.45, 7) is 0. The minimum absolute atomic E-state index is 0.234. The van der Waals surface area contributed by atoms with Gasteiger partial charge in [0.05, 0.1) is 12.5 Å². The standard InChI is InChI=1S/C15H13BrClFO/c1-19-15-7-6-11(16)9-12(15)13(17)8-10-4-2-3-5-14(10)18/h2-7,9,13H,8H2,1H3. The molecule has 0 radical (unpaired) electrons. The second-order valence-corrected chi connectivity index (χ2v) is 5.59. The molecule has 0 bridgehead atoms. The van der Waals surface area contributed by atoms with E-state index >= 15 is 0 Å². The van der Waals surface area contributed by atoms with Crippen molar-refractivity contribution in [2.75, 3.05) is 7.11 Å². The number of benzene rings is 2. The Morgan fingerprint density at radius 3 is 2.68 bits per heavy atom. The monoisotopic (exact) mass is 342 g/mol. The Hall–Kier alpha value is -1.06. The van der Waals surface area contributed by atoms with Gasteiger partial charge in [0.25, 0.3) is 0 Å². The molecule has 19 heavy (non-hydrogen) atoms. The van der Waals surface area contributed by atoms with Gasteiger partial charge in [-0.05, 0) is 36.2 Å². The predicted octanol–water partition coefficient (Wildman–Crippen LogP) is 5.12. The Balaban J connectivity index is 2.27. The fraction of sp³-hybridized carbons (Fsp3) is 0.200. The molecule has 0 aliphatic carbocycles. The maximum absolute atomic E-state index is 13.6. The summed E-state index contributed by atoms with van der Waals surface area (Å²) in [5.74, 6) is 0.474. The Morgan fingerprint density at radius 1 is 1.26 bits per heavy atom. The van der Waals surface area contributed by atoms with Gasteiger partial charge >= 0.3 is 0 Å². The molecule has 2 aromatic rings. The Morgan fingerprint density at radius 2 is 2.00 bits per heavy atom. The fourth-order valence-corrected chi connectivity index (χ4v) is 2.63. The van der Waals surface area contributed by atoms with Crippen molar-refractivity contribution in [1.82, 2.24) is 0 Å². The van der Waals surface area contributed by atoms with E-state index in [1.165, 1.54) is 6.07 Å². The maximum Gasteiger partial charge on any atom is 0.126 e. The van der Waals surface area contributed by atoms with Crippen molar-refractivity contribution in [3.63, 3.8) is 0 Å². The van der Waals surface area contributed by atoms with Crippen molar-refractivity contribution < 1.29 is 9.13 Å². The van der Waals surface area contributed by atoms with Crippen LogP contribution in [-0.4, -0.2) is 7.11 Å². The quantitative estimate of drug-likeness (QED) is 0.700. The van der Waals surface area contributed by atoms with Gasteiger partial charge in [0.15, 0.2) is 0 Å². The molecule has 0 N–H and O–H groups in total. The molecule has 100 valence electrons. The van der Waals surface area contributed by atoms with Crippen LogP contribution in [0.5, 0.6) is 5.75 Å². The molecule has 0 fully saturated rings. The predicted molar refractivity (Wildman–Crippen MR) is 79.4 cm³/mol. The molecule has 0 amide bonds. The lowest BCUT2D eigenvalue weighted by Crippen LogP contribution is -2.01. The van der Waals surface area contributed by atoms with Gasteiger partial charge in [-0.1, -0.05) is 34.1 Å². The molecular formula is C15H13BrClFO. The highest BCUT2D eigenvalue weighted by Gasteiger charge is 2.16. The molecule has 0 saturated heterocycles. The second-order valence-electron chi connectivity index (χ2n) is 4.15. The van der Waals surface area contributed by atoms with Crippen LogP contribution < -0.4 is 4.74 Å². The Bertz CT molecular complexity index is 574. The van der Waals surface area contributed by atoms with Crippen LogP contribution in [0.2, 0.25) is 0 Å². The molecule has 1 unspecified atom stereocenters. The molecule has 0 spiro atoms. The van der Waals surface area contributed by atoms with Crippen LogP contribution >= 0.6 is 27.5 Å². The van der Waals surface area contributed by atoms with Gasteiger partial charge in [-0.25, -0.2) is 4.39 Å². The number of hydrogen-bond donors (Lipinski definition) is 0. The summed E-state index contributed by atoms with van der Waals surface area (Å²) in [7, 11) is 1.60. The lowest BCUT2D eigenvalue weighted by atomic mass is 10.0. The molecule has 0 saturated carbocycles. The third-order valence-electron chi connectivity index (χ3n) is 2.89. The largest absolute Gasteiger partial charge is 0.496 e. The Kier molecular flexibility index (Phi) is 4.83. The van der Waals surface area contributed by atoms with Gasteiger partial charge in [0, 0.05) is 10.0 Å². The molecule has 0 heterocycles. The number of hydrogen-bond acceptors (Lipinski definition) is 1. The number of ether oxygens (including phenoxy) is 1. The van der Waals surface area contributed by atoms with E-state index in [-0.39, 0.29) is 11.2 Å². The van der Waals surface area contributed by atoms with Crippen LogP contribution in [0.4, 0.5) is 4.39 Å². The van der Waals surface area contributed by atoms with Crippen LogP contribution in [0.25, 0.3) is 0 Å². The van der Waals surface area contributed by atoms with Gasteiger partial charge in [0.2, 0.25) is 0 Å². The van der Waals surface area contributed by atoms with Crippen LogP contribution in [0.1, 0.15) is 16.5 Å². The van der Waals surface area contributed by atoms with Crippen molar-refractivity contribution >= 4 is 27.5 Å². The first-order valence-electron chi connectivity index (χ1n) is 5.82. The van der Waals surface area contributed by atoms with Crippen molar-refractivity contribution in [2.45, 2.75) is 11.8 Å². The van der Waals surface area contributed by atoms with Crippen molar-refractivity contribution in [1.29, 1.82) is 0 Å². The van der Waals surface area contributed by atoms with Crippen LogP contribution in [0.15, 0.2) is 46.9 Å². The second kappa shape index (κ2) is 6.40. The molecule has 1 atom stereocenters. The smallest absolute Gasteiger partial charge is 0.126 e. The number of alkyl halides is 1. The van der Waals surface area contributed by atoms with E-state index in [0.29, 0.717) is 17.7 Å². The van der Waals surface area contributed by atoms with Crippen LogP contribution in [0, 0.1) is 5.82 Å². The summed E-state index contributed by atoms with van der Waals surface area (Å²) in [6.07, 6.45) is 0.418. The molecule has 4 heteroatoms. The lowest BCUT2D eigenvalue weighted by Gasteiger charge is -2.15. The average Bonchev–Trinajstić information content (AvgIpc) is 2.41. The van der Waals surface area contributed by atoms with Crippen LogP contribution in [0.3, 0.4) is 0 Å². The SMILES string of the molecule is COc1ccc(Br)cc1C(Cl)Cc1ccccc1F. The van der Waals surface area contributed by atoms with E-state index in [9.17, 15) is 4.39 Å². The first-order valence-corrected chi connectivity index (χ1v) is 7.05. The topological polar surface area (TPSA) is 9.23 Å². The highest BCUT2D eigenvalue weighted by atomic mass is 79.9. The van der Waals surface area contributed by atoms with E-state index in [0.717, 1.165) is 10.0 Å². The fourth-order valence-electron chi connectivity index (χ4n) is 1.92. The molecule has 2 rings (SSSR count). The minimum atomic E-state index is -0.343. The third-order valence-corrected chi connectivity index (χ3v) is 3.77. The van der Waals surface area contributed by atoms with Gasteiger partial charge in [-0.15, -0.1) is 11.6 Å². The number of halogens is 3. The normalized spacial score (nSPS) is 12.2. The first kappa shape index (κ1) is 14.4.